The Morgan fingerprint density at radius 2 is 2.05 bits per heavy atom. The minimum Gasteiger partial charge on any atom is -0.294 e. The Hall–Kier alpha value is -1.61. The van der Waals surface area contributed by atoms with E-state index in [9.17, 15) is 0 Å². The van der Waals surface area contributed by atoms with Gasteiger partial charge < -0.3 is 0 Å². The zero-order valence-electron chi connectivity index (χ0n) is 11.7. The molecule has 3 aromatic rings. The highest BCUT2D eigenvalue weighted by molar-refractivity contribution is 7.17. The number of rotatable bonds is 2. The summed E-state index contributed by atoms with van der Waals surface area (Å²) in [5, 5.41) is 0. The van der Waals surface area contributed by atoms with Crippen LogP contribution in [0.2, 0.25) is 0 Å². The molecule has 0 unspecified atom stereocenters. The van der Waals surface area contributed by atoms with Gasteiger partial charge in [-0.25, -0.2) is 4.98 Å². The molecule has 2 nitrogen and oxygen atoms in total. The number of hydrogen-bond acceptors (Lipinski definition) is 2. The summed E-state index contributed by atoms with van der Waals surface area (Å²) in [6.07, 6.45) is 8.40. The Morgan fingerprint density at radius 3 is 2.95 bits per heavy atom. The molecule has 2 heterocycles. The number of aryl methyl sites for hydroxylation is 3. The Morgan fingerprint density at radius 1 is 1.20 bits per heavy atom. The van der Waals surface area contributed by atoms with Crippen LogP contribution in [0.15, 0.2) is 30.5 Å². The van der Waals surface area contributed by atoms with Crippen molar-refractivity contribution in [3.8, 4) is 11.3 Å². The fourth-order valence-electron chi connectivity index (χ4n) is 3.17. The lowest BCUT2D eigenvalue weighted by Crippen LogP contribution is -2.01. The summed E-state index contributed by atoms with van der Waals surface area (Å²) in [4.78, 5) is 7.59. The summed E-state index contributed by atoms with van der Waals surface area (Å²) in [6.45, 7) is 2.21. The smallest absolute Gasteiger partial charge is 0.194 e. The van der Waals surface area contributed by atoms with E-state index in [-0.39, 0.29) is 0 Å². The Kier molecular flexibility index (Phi) is 2.88. The van der Waals surface area contributed by atoms with Crippen molar-refractivity contribution in [3.63, 3.8) is 0 Å². The van der Waals surface area contributed by atoms with Crippen molar-refractivity contribution in [2.75, 3.05) is 0 Å². The topological polar surface area (TPSA) is 17.3 Å². The maximum atomic E-state index is 4.88. The first-order chi connectivity index (χ1) is 9.86. The molecule has 0 fully saturated rings. The quantitative estimate of drug-likeness (QED) is 0.676. The highest BCUT2D eigenvalue weighted by atomic mass is 32.1. The number of thiazole rings is 1. The van der Waals surface area contributed by atoms with E-state index in [1.165, 1.54) is 42.5 Å². The van der Waals surface area contributed by atoms with Crippen molar-refractivity contribution < 1.29 is 0 Å². The van der Waals surface area contributed by atoms with Gasteiger partial charge in [0.1, 0.15) is 0 Å². The molecule has 0 aliphatic heterocycles. The van der Waals surface area contributed by atoms with Crippen molar-refractivity contribution in [3.05, 3.63) is 46.6 Å². The van der Waals surface area contributed by atoms with Crippen LogP contribution in [-0.4, -0.2) is 9.38 Å². The lowest BCUT2D eigenvalue weighted by Gasteiger charge is -2.10. The molecule has 0 bridgehead atoms. The second-order valence-electron chi connectivity index (χ2n) is 5.47. The summed E-state index contributed by atoms with van der Waals surface area (Å²) in [6, 6.07) is 8.62. The molecule has 0 saturated carbocycles. The van der Waals surface area contributed by atoms with Gasteiger partial charge in [0.2, 0.25) is 0 Å². The molecule has 20 heavy (non-hydrogen) atoms. The zero-order chi connectivity index (χ0) is 13.5. The number of nitrogens with zero attached hydrogens (tertiary/aromatic N) is 2. The summed E-state index contributed by atoms with van der Waals surface area (Å²) >= 11 is 1.88. The Labute approximate surface area is 123 Å². The van der Waals surface area contributed by atoms with E-state index in [0.717, 1.165) is 17.1 Å². The summed E-state index contributed by atoms with van der Waals surface area (Å²) in [7, 11) is 0. The second-order valence-corrected chi connectivity index (χ2v) is 6.53. The van der Waals surface area contributed by atoms with Crippen molar-refractivity contribution in [2.24, 2.45) is 0 Å². The van der Waals surface area contributed by atoms with Crippen LogP contribution in [0.1, 0.15) is 35.9 Å². The molecule has 0 amide bonds. The molecule has 1 aliphatic carbocycles. The van der Waals surface area contributed by atoms with Crippen molar-refractivity contribution in [2.45, 2.75) is 39.0 Å². The minimum atomic E-state index is 1.06. The largest absolute Gasteiger partial charge is 0.294 e. The first-order valence-corrected chi connectivity index (χ1v) is 8.26. The number of benzene rings is 1. The molecule has 1 aliphatic rings. The highest BCUT2D eigenvalue weighted by Gasteiger charge is 2.18. The molecule has 4 rings (SSSR count). The zero-order valence-corrected chi connectivity index (χ0v) is 12.5. The fourth-order valence-corrected chi connectivity index (χ4v) is 4.36. The molecule has 2 aromatic heterocycles. The van der Waals surface area contributed by atoms with Crippen LogP contribution in [0, 0.1) is 0 Å². The maximum Gasteiger partial charge on any atom is 0.194 e. The fraction of sp³-hybridized carbons (Fsp3) is 0.353. The van der Waals surface area contributed by atoms with Crippen LogP contribution >= 0.6 is 11.3 Å². The molecular weight excluding hydrogens is 264 g/mol. The minimum absolute atomic E-state index is 1.06. The van der Waals surface area contributed by atoms with Gasteiger partial charge in [0.25, 0.3) is 0 Å². The van der Waals surface area contributed by atoms with Gasteiger partial charge in [0.15, 0.2) is 4.96 Å². The van der Waals surface area contributed by atoms with E-state index < -0.39 is 0 Å². The monoisotopic (exact) mass is 282 g/mol. The van der Waals surface area contributed by atoms with Crippen LogP contribution in [-0.2, 0) is 19.3 Å². The lowest BCUT2D eigenvalue weighted by molar-refractivity contribution is 0.674. The van der Waals surface area contributed by atoms with Crippen LogP contribution in [0.5, 0.6) is 0 Å². The predicted octanol–water partition coefficient (Wildman–Crippen LogP) is 4.50. The third-order valence-electron chi connectivity index (χ3n) is 4.24. The van der Waals surface area contributed by atoms with Crippen molar-refractivity contribution >= 4 is 16.3 Å². The highest BCUT2D eigenvalue weighted by Crippen LogP contribution is 2.32. The maximum absolute atomic E-state index is 4.88. The summed E-state index contributed by atoms with van der Waals surface area (Å²) in [5.74, 6) is 0. The Bertz CT molecular complexity index is 766. The van der Waals surface area contributed by atoms with Crippen LogP contribution in [0.3, 0.4) is 0 Å². The van der Waals surface area contributed by atoms with Crippen molar-refractivity contribution in [1.82, 2.24) is 9.38 Å². The van der Waals surface area contributed by atoms with Gasteiger partial charge in [-0.15, -0.1) is 11.3 Å². The van der Waals surface area contributed by atoms with Gasteiger partial charge in [-0.05, 0) is 37.7 Å². The standard InChI is InChI=1S/C17H18N2S/c1-2-12-7-3-4-8-13(12)14-11-19-15-9-5-6-10-16(15)20-17(19)18-14/h3-4,7-8,11H,2,5-6,9-10H2,1H3. The number of imidazole rings is 1. The van der Waals surface area contributed by atoms with E-state index in [1.807, 2.05) is 11.3 Å². The Balaban J connectivity index is 1.87. The van der Waals surface area contributed by atoms with Gasteiger partial charge in [0, 0.05) is 22.3 Å². The summed E-state index contributed by atoms with van der Waals surface area (Å²) < 4.78 is 2.33. The van der Waals surface area contributed by atoms with Gasteiger partial charge in [-0.3, -0.25) is 4.40 Å². The van der Waals surface area contributed by atoms with Gasteiger partial charge in [0.05, 0.1) is 5.69 Å². The molecule has 0 spiro atoms. The van der Waals surface area contributed by atoms with Crippen molar-refractivity contribution in [1.29, 1.82) is 0 Å². The predicted molar refractivity (Wildman–Crippen MR) is 84.5 cm³/mol. The molecule has 0 radical (unpaired) electrons. The van der Waals surface area contributed by atoms with E-state index in [1.54, 1.807) is 4.88 Å². The molecular formula is C17H18N2S. The van der Waals surface area contributed by atoms with E-state index in [0.29, 0.717) is 0 Å². The molecule has 0 N–H and O–H groups in total. The molecule has 3 heteroatoms. The van der Waals surface area contributed by atoms with E-state index in [4.69, 9.17) is 4.98 Å². The van der Waals surface area contributed by atoms with Crippen LogP contribution < -0.4 is 0 Å². The van der Waals surface area contributed by atoms with E-state index in [2.05, 4.69) is 41.8 Å². The van der Waals surface area contributed by atoms with Gasteiger partial charge in [-0.2, -0.15) is 0 Å². The average molecular weight is 282 g/mol. The third-order valence-corrected chi connectivity index (χ3v) is 5.40. The number of aromatic nitrogens is 2. The third kappa shape index (κ3) is 1.80. The van der Waals surface area contributed by atoms with Crippen LogP contribution in [0.25, 0.3) is 16.2 Å². The van der Waals surface area contributed by atoms with E-state index >= 15 is 0 Å². The average Bonchev–Trinajstić information content (AvgIpc) is 3.04. The molecule has 0 atom stereocenters. The molecule has 102 valence electrons. The lowest BCUT2D eigenvalue weighted by atomic mass is 10.0. The number of hydrogen-bond donors (Lipinski definition) is 0. The van der Waals surface area contributed by atoms with Gasteiger partial charge >= 0.3 is 0 Å². The molecule has 1 aromatic carbocycles. The second kappa shape index (κ2) is 4.74. The van der Waals surface area contributed by atoms with Gasteiger partial charge in [-0.1, -0.05) is 31.2 Å². The molecule has 0 saturated heterocycles. The van der Waals surface area contributed by atoms with Crippen LogP contribution in [0.4, 0.5) is 0 Å². The number of fused-ring (bicyclic) bond motifs is 3. The summed E-state index contributed by atoms with van der Waals surface area (Å²) in [5.41, 5.74) is 5.30. The SMILES string of the molecule is CCc1ccccc1-c1cn2c3c(sc2n1)CCCC3. The first kappa shape index (κ1) is 12.2. The first-order valence-electron chi connectivity index (χ1n) is 7.44. The normalized spacial score (nSPS) is 14.7.